The van der Waals surface area contributed by atoms with Gasteiger partial charge < -0.3 is 15.3 Å². The van der Waals surface area contributed by atoms with Gasteiger partial charge in [0.25, 0.3) is 11.8 Å². The second-order valence-electron chi connectivity index (χ2n) is 9.99. The number of nitrogens with one attached hydrogen (secondary N) is 1. The Morgan fingerprint density at radius 2 is 1.38 bits per heavy atom. The number of carbonyl (C=O) groups excluding carboxylic acids is 2. The van der Waals surface area contributed by atoms with E-state index in [0.29, 0.717) is 21.2 Å². The molecular formula is C34H29ClN2O4S. The van der Waals surface area contributed by atoms with E-state index in [1.165, 1.54) is 4.90 Å². The first-order chi connectivity index (χ1) is 20.4. The Labute approximate surface area is 253 Å². The molecule has 42 heavy (non-hydrogen) atoms. The number of rotatable bonds is 11. The number of hydrogen-bond donors (Lipinski definition) is 2. The van der Waals surface area contributed by atoms with Crippen LogP contribution in [0.1, 0.15) is 31.2 Å². The fourth-order valence-electron chi connectivity index (χ4n) is 5.07. The van der Waals surface area contributed by atoms with Crippen molar-refractivity contribution < 1.29 is 19.5 Å². The fourth-order valence-corrected chi connectivity index (χ4v) is 6.07. The van der Waals surface area contributed by atoms with Gasteiger partial charge in [-0.2, -0.15) is 0 Å². The predicted molar refractivity (Wildman–Crippen MR) is 167 cm³/mol. The largest absolute Gasteiger partial charge is 0.480 e. The molecule has 0 aliphatic rings. The van der Waals surface area contributed by atoms with Crippen LogP contribution in [0.5, 0.6) is 0 Å². The van der Waals surface area contributed by atoms with Crippen LogP contribution in [-0.2, 0) is 17.6 Å². The molecule has 1 heterocycles. The number of amides is 2. The number of hydrogen-bond acceptors (Lipinski definition) is 4. The molecule has 4 aromatic carbocycles. The molecule has 6 nitrogen and oxygen atoms in total. The summed E-state index contributed by atoms with van der Waals surface area (Å²) in [7, 11) is 0. The number of carbonyl (C=O) groups is 3. The van der Waals surface area contributed by atoms with Crippen molar-refractivity contribution in [2.24, 2.45) is 0 Å². The molecule has 212 valence electrons. The number of thiophene rings is 1. The Kier molecular flexibility index (Phi) is 9.31. The minimum Gasteiger partial charge on any atom is -0.480 e. The minimum absolute atomic E-state index is 0.0243. The second kappa shape index (κ2) is 13.5. The molecule has 2 N–H and O–H groups in total. The first-order valence-electron chi connectivity index (χ1n) is 13.5. The van der Waals surface area contributed by atoms with Crippen molar-refractivity contribution in [1.29, 1.82) is 0 Å². The van der Waals surface area contributed by atoms with Crippen LogP contribution in [0.15, 0.2) is 115 Å². The van der Waals surface area contributed by atoms with Gasteiger partial charge in [0.2, 0.25) is 0 Å². The van der Waals surface area contributed by atoms with Crippen LogP contribution in [0.25, 0.3) is 10.8 Å². The summed E-state index contributed by atoms with van der Waals surface area (Å²) in [6.45, 7) is -0.0243. The summed E-state index contributed by atoms with van der Waals surface area (Å²) in [5.41, 5.74) is 2.24. The highest BCUT2D eigenvalue weighted by Crippen LogP contribution is 2.25. The number of fused-ring (bicyclic) bond motifs is 1. The van der Waals surface area contributed by atoms with E-state index in [-0.39, 0.29) is 18.9 Å². The summed E-state index contributed by atoms with van der Waals surface area (Å²) in [5.74, 6) is -1.88. The third-order valence-corrected chi connectivity index (χ3v) is 8.31. The highest BCUT2D eigenvalue weighted by molar-refractivity contribution is 7.18. The molecule has 0 fully saturated rings. The molecule has 0 aliphatic heterocycles. The maximum absolute atomic E-state index is 13.9. The molecule has 0 aliphatic carbocycles. The topological polar surface area (TPSA) is 86.7 Å². The zero-order valence-corrected chi connectivity index (χ0v) is 24.2. The van der Waals surface area contributed by atoms with Gasteiger partial charge in [-0.15, -0.1) is 11.3 Å². The Morgan fingerprint density at radius 1 is 0.762 bits per heavy atom. The molecule has 0 bridgehead atoms. The lowest BCUT2D eigenvalue weighted by atomic mass is 10.00. The molecule has 8 heteroatoms. The van der Waals surface area contributed by atoms with Crippen molar-refractivity contribution in [1.82, 2.24) is 10.2 Å². The molecule has 2 atom stereocenters. The van der Waals surface area contributed by atoms with Crippen molar-refractivity contribution in [2.75, 3.05) is 6.54 Å². The number of nitrogens with zero attached hydrogens (tertiary/aromatic N) is 1. The van der Waals surface area contributed by atoms with Gasteiger partial charge in [0.05, 0.1) is 15.3 Å². The number of carboxylic acids is 1. The molecule has 0 spiro atoms. The number of aliphatic carboxylic acids is 1. The lowest BCUT2D eigenvalue weighted by Gasteiger charge is -2.33. The summed E-state index contributed by atoms with van der Waals surface area (Å²) in [6, 6.07) is 33.5. The standard InChI is InChI=1S/C34H29ClN2O4S/c35-31-19-18-30(42-31)33(39)37(29(34(40)41)21-24-12-5-2-6-13-24)22-26(20-23-10-3-1-4-11-23)36-32(38)28-17-9-15-25-14-7-8-16-27(25)28/h1-19,26,29H,20-22H2,(H,36,38)(H,40,41)/t26?,29-/m0/s1. The molecule has 1 unspecified atom stereocenters. The molecule has 5 aromatic rings. The van der Waals surface area contributed by atoms with E-state index < -0.39 is 24.0 Å². The summed E-state index contributed by atoms with van der Waals surface area (Å²) in [4.78, 5) is 42.0. The van der Waals surface area contributed by atoms with Crippen molar-refractivity contribution >= 4 is 51.5 Å². The molecular weight excluding hydrogens is 568 g/mol. The Balaban J connectivity index is 1.51. The number of halogens is 1. The van der Waals surface area contributed by atoms with Gasteiger partial charge in [-0.05, 0) is 46.5 Å². The molecule has 1 aromatic heterocycles. The normalized spacial score (nSPS) is 12.4. The van der Waals surface area contributed by atoms with E-state index in [2.05, 4.69) is 5.32 Å². The zero-order valence-electron chi connectivity index (χ0n) is 22.7. The smallest absolute Gasteiger partial charge is 0.326 e. The van der Waals surface area contributed by atoms with Crippen LogP contribution in [-0.4, -0.2) is 46.4 Å². The SMILES string of the molecule is O=C(NC(Cc1ccccc1)CN(C(=O)c1ccc(Cl)s1)[C@@H](Cc1ccccc1)C(=O)O)c1cccc2ccccc12. The zero-order chi connectivity index (χ0) is 29.5. The van der Waals surface area contributed by atoms with Gasteiger partial charge in [-0.3, -0.25) is 9.59 Å². The van der Waals surface area contributed by atoms with Crippen LogP contribution in [0.2, 0.25) is 4.34 Å². The van der Waals surface area contributed by atoms with Crippen molar-refractivity contribution in [3.63, 3.8) is 0 Å². The van der Waals surface area contributed by atoms with Gasteiger partial charge >= 0.3 is 5.97 Å². The Morgan fingerprint density at radius 3 is 2.02 bits per heavy atom. The molecule has 5 rings (SSSR count). The quantitative estimate of drug-likeness (QED) is 0.177. The van der Waals surface area contributed by atoms with Crippen molar-refractivity contribution in [2.45, 2.75) is 24.9 Å². The summed E-state index contributed by atoms with van der Waals surface area (Å²) >= 11 is 7.25. The Bertz CT molecular complexity index is 1680. The van der Waals surface area contributed by atoms with Crippen molar-refractivity contribution in [3.05, 3.63) is 141 Å². The van der Waals surface area contributed by atoms with Gasteiger partial charge in [0, 0.05) is 18.5 Å². The van der Waals surface area contributed by atoms with Gasteiger partial charge in [-0.25, -0.2) is 4.79 Å². The average molecular weight is 597 g/mol. The molecule has 0 saturated carbocycles. The number of carboxylic acid groups (broad SMARTS) is 1. The van der Waals surface area contributed by atoms with Crippen LogP contribution in [0, 0.1) is 0 Å². The lowest BCUT2D eigenvalue weighted by Crippen LogP contribution is -2.53. The van der Waals surface area contributed by atoms with E-state index >= 15 is 0 Å². The third-order valence-electron chi connectivity index (χ3n) is 7.09. The van der Waals surface area contributed by atoms with Gasteiger partial charge in [0.1, 0.15) is 6.04 Å². The maximum Gasteiger partial charge on any atom is 0.326 e. The molecule has 2 amide bonds. The van der Waals surface area contributed by atoms with Gasteiger partial charge in [-0.1, -0.05) is 109 Å². The second-order valence-corrected chi connectivity index (χ2v) is 11.7. The van der Waals surface area contributed by atoms with Crippen LogP contribution in [0.3, 0.4) is 0 Å². The van der Waals surface area contributed by atoms with Crippen LogP contribution < -0.4 is 5.32 Å². The third kappa shape index (κ3) is 7.05. The summed E-state index contributed by atoms with van der Waals surface area (Å²) in [5, 5.41) is 15.3. The van der Waals surface area contributed by atoms with Crippen LogP contribution >= 0.6 is 22.9 Å². The van der Waals surface area contributed by atoms with E-state index in [1.807, 2.05) is 97.1 Å². The highest BCUT2D eigenvalue weighted by Gasteiger charge is 2.34. The first-order valence-corrected chi connectivity index (χ1v) is 14.7. The van der Waals surface area contributed by atoms with E-state index in [4.69, 9.17) is 11.6 Å². The van der Waals surface area contributed by atoms with Crippen molar-refractivity contribution in [3.8, 4) is 0 Å². The van der Waals surface area contributed by atoms with Gasteiger partial charge in [0.15, 0.2) is 0 Å². The molecule has 0 saturated heterocycles. The monoisotopic (exact) mass is 596 g/mol. The minimum atomic E-state index is -1.17. The predicted octanol–water partition coefficient (Wildman–Crippen LogP) is 6.73. The van der Waals surface area contributed by atoms with Crippen LogP contribution in [0.4, 0.5) is 0 Å². The first kappa shape index (κ1) is 29.0. The maximum atomic E-state index is 13.9. The molecule has 0 radical (unpaired) electrons. The fraction of sp³-hybridized carbons (Fsp3) is 0.147. The van der Waals surface area contributed by atoms with E-state index in [1.54, 1.807) is 18.2 Å². The lowest BCUT2D eigenvalue weighted by molar-refractivity contribution is -0.142. The van der Waals surface area contributed by atoms with E-state index in [0.717, 1.165) is 33.2 Å². The number of benzene rings is 4. The van der Waals surface area contributed by atoms with E-state index in [9.17, 15) is 19.5 Å². The summed E-state index contributed by atoms with van der Waals surface area (Å²) in [6.07, 6.45) is 0.500. The highest BCUT2D eigenvalue weighted by atomic mass is 35.5. The average Bonchev–Trinajstić information content (AvgIpc) is 3.45. The Hall–Kier alpha value is -4.46. The summed E-state index contributed by atoms with van der Waals surface area (Å²) < 4.78 is 0.429.